The number of aliphatic hydroxyl groups excluding tert-OH is 1. The van der Waals surface area contributed by atoms with Crippen LogP contribution in [-0.2, 0) is 4.74 Å². The average molecular weight is 326 g/mol. The van der Waals surface area contributed by atoms with Crippen molar-refractivity contribution in [2.24, 2.45) is 0 Å². The molecule has 1 aromatic rings. The van der Waals surface area contributed by atoms with Crippen molar-refractivity contribution in [1.82, 2.24) is 0 Å². The SMILES string of the molecule is CC(C)(C)OC(=O)Nc1ccc([C@@H](O)C(F)(F)F)cc1Cl. The molecule has 0 aromatic heterocycles. The highest BCUT2D eigenvalue weighted by Crippen LogP contribution is 2.35. The summed E-state index contributed by atoms with van der Waals surface area (Å²) < 4.78 is 42.1. The van der Waals surface area contributed by atoms with Crippen LogP contribution >= 0.6 is 11.6 Å². The zero-order valence-corrected chi connectivity index (χ0v) is 12.3. The second-order valence-corrected chi connectivity index (χ2v) is 5.72. The van der Waals surface area contributed by atoms with E-state index in [1.165, 1.54) is 0 Å². The van der Waals surface area contributed by atoms with E-state index in [1.54, 1.807) is 20.8 Å². The number of nitrogens with one attached hydrogen (secondary N) is 1. The number of halogens is 4. The number of hydrogen-bond donors (Lipinski definition) is 2. The molecule has 118 valence electrons. The largest absolute Gasteiger partial charge is 0.444 e. The maximum atomic E-state index is 12.4. The van der Waals surface area contributed by atoms with Gasteiger partial charge in [-0.15, -0.1) is 0 Å². The first-order valence-corrected chi connectivity index (χ1v) is 6.32. The maximum Gasteiger partial charge on any atom is 0.418 e. The van der Waals surface area contributed by atoms with Gasteiger partial charge in [0.25, 0.3) is 0 Å². The molecular weight excluding hydrogens is 311 g/mol. The number of amides is 1. The highest BCUT2D eigenvalue weighted by atomic mass is 35.5. The molecule has 0 aliphatic heterocycles. The third kappa shape index (κ3) is 5.43. The normalized spacial score (nSPS) is 13.7. The first-order chi connectivity index (χ1) is 9.40. The third-order valence-electron chi connectivity index (χ3n) is 2.25. The van der Waals surface area contributed by atoms with E-state index in [2.05, 4.69) is 5.32 Å². The van der Waals surface area contributed by atoms with Crippen molar-refractivity contribution in [3.8, 4) is 0 Å². The van der Waals surface area contributed by atoms with Gasteiger partial charge in [0.2, 0.25) is 0 Å². The van der Waals surface area contributed by atoms with Crippen molar-refractivity contribution in [2.45, 2.75) is 38.7 Å². The van der Waals surface area contributed by atoms with Crippen molar-refractivity contribution in [1.29, 1.82) is 0 Å². The Morgan fingerprint density at radius 1 is 1.33 bits per heavy atom. The van der Waals surface area contributed by atoms with Crippen molar-refractivity contribution in [2.75, 3.05) is 5.32 Å². The number of anilines is 1. The number of ether oxygens (including phenoxy) is 1. The molecule has 0 bridgehead atoms. The Hall–Kier alpha value is -1.47. The number of rotatable bonds is 2. The summed E-state index contributed by atoms with van der Waals surface area (Å²) >= 11 is 5.79. The summed E-state index contributed by atoms with van der Waals surface area (Å²) in [4.78, 5) is 11.5. The van der Waals surface area contributed by atoms with Crippen LogP contribution in [0.4, 0.5) is 23.7 Å². The van der Waals surface area contributed by atoms with Gasteiger partial charge in [0.1, 0.15) is 5.60 Å². The van der Waals surface area contributed by atoms with Crippen LogP contribution in [0.5, 0.6) is 0 Å². The van der Waals surface area contributed by atoms with Crippen LogP contribution < -0.4 is 5.32 Å². The number of carbonyl (C=O) groups is 1. The van der Waals surface area contributed by atoms with E-state index in [9.17, 15) is 18.0 Å². The molecule has 1 atom stereocenters. The summed E-state index contributed by atoms with van der Waals surface area (Å²) in [5.74, 6) is 0. The summed E-state index contributed by atoms with van der Waals surface area (Å²) in [6.45, 7) is 4.99. The molecule has 1 rings (SSSR count). The van der Waals surface area contributed by atoms with Crippen LogP contribution in [0.15, 0.2) is 18.2 Å². The fourth-order valence-corrected chi connectivity index (χ4v) is 1.64. The second kappa shape index (κ2) is 6.11. The van der Waals surface area contributed by atoms with Crippen molar-refractivity contribution in [3.05, 3.63) is 28.8 Å². The van der Waals surface area contributed by atoms with E-state index < -0.39 is 29.5 Å². The van der Waals surface area contributed by atoms with Crippen LogP contribution in [0.2, 0.25) is 5.02 Å². The molecule has 0 spiro atoms. The van der Waals surface area contributed by atoms with Crippen LogP contribution in [0, 0.1) is 0 Å². The minimum Gasteiger partial charge on any atom is -0.444 e. The molecule has 1 amide bonds. The molecule has 0 radical (unpaired) electrons. The molecule has 8 heteroatoms. The lowest BCUT2D eigenvalue weighted by atomic mass is 10.1. The minimum absolute atomic E-state index is 0.0871. The van der Waals surface area contributed by atoms with Gasteiger partial charge in [-0.2, -0.15) is 13.2 Å². The van der Waals surface area contributed by atoms with Crippen molar-refractivity contribution >= 4 is 23.4 Å². The van der Waals surface area contributed by atoms with Gasteiger partial charge in [-0.05, 0) is 38.5 Å². The Kier molecular flexibility index (Phi) is 5.11. The highest BCUT2D eigenvalue weighted by Gasteiger charge is 2.39. The Balaban J connectivity index is 2.87. The predicted octanol–water partition coefficient (Wildman–Crippen LogP) is 4.28. The zero-order valence-electron chi connectivity index (χ0n) is 11.6. The van der Waals surface area contributed by atoms with E-state index in [0.29, 0.717) is 0 Å². The van der Waals surface area contributed by atoms with Crippen molar-refractivity contribution in [3.63, 3.8) is 0 Å². The van der Waals surface area contributed by atoms with E-state index in [-0.39, 0.29) is 10.7 Å². The van der Waals surface area contributed by atoms with Gasteiger partial charge in [0, 0.05) is 0 Å². The average Bonchev–Trinajstić information content (AvgIpc) is 2.27. The molecule has 0 fully saturated rings. The van der Waals surface area contributed by atoms with Gasteiger partial charge < -0.3 is 9.84 Å². The Bertz CT molecular complexity index is 526. The Morgan fingerprint density at radius 3 is 2.33 bits per heavy atom. The summed E-state index contributed by atoms with van der Waals surface area (Å²) in [7, 11) is 0. The van der Waals surface area contributed by atoms with Crippen LogP contribution in [-0.4, -0.2) is 23.0 Å². The van der Waals surface area contributed by atoms with E-state index in [1.807, 2.05) is 0 Å². The van der Waals surface area contributed by atoms with E-state index in [4.69, 9.17) is 21.4 Å². The number of carbonyl (C=O) groups excluding carboxylic acids is 1. The van der Waals surface area contributed by atoms with E-state index in [0.717, 1.165) is 18.2 Å². The number of hydrogen-bond acceptors (Lipinski definition) is 3. The third-order valence-corrected chi connectivity index (χ3v) is 2.57. The lowest BCUT2D eigenvalue weighted by molar-refractivity contribution is -0.206. The summed E-state index contributed by atoms with van der Waals surface area (Å²) in [5.41, 5.74) is -1.05. The Morgan fingerprint density at radius 2 is 1.90 bits per heavy atom. The van der Waals surface area contributed by atoms with Crippen LogP contribution in [0.25, 0.3) is 0 Å². The van der Waals surface area contributed by atoms with Gasteiger partial charge in [-0.1, -0.05) is 17.7 Å². The molecule has 0 saturated carbocycles. The molecule has 0 unspecified atom stereocenters. The number of aliphatic hydroxyl groups is 1. The lowest BCUT2D eigenvalue weighted by Gasteiger charge is -2.20. The fraction of sp³-hybridized carbons (Fsp3) is 0.462. The minimum atomic E-state index is -4.79. The fourth-order valence-electron chi connectivity index (χ4n) is 1.41. The first kappa shape index (κ1) is 17.6. The van der Waals surface area contributed by atoms with Crippen LogP contribution in [0.3, 0.4) is 0 Å². The predicted molar refractivity (Wildman–Crippen MR) is 72.3 cm³/mol. The molecule has 0 heterocycles. The molecule has 1 aromatic carbocycles. The number of alkyl halides is 3. The van der Waals surface area contributed by atoms with E-state index >= 15 is 0 Å². The summed E-state index contributed by atoms with van der Waals surface area (Å²) in [6, 6.07) is 3.12. The van der Waals surface area contributed by atoms with Crippen molar-refractivity contribution < 1.29 is 27.8 Å². The first-order valence-electron chi connectivity index (χ1n) is 5.94. The number of benzene rings is 1. The Labute approximate surface area is 124 Å². The summed E-state index contributed by atoms with van der Waals surface area (Å²) in [6.07, 6.45) is -8.21. The lowest BCUT2D eigenvalue weighted by Crippen LogP contribution is -2.27. The molecule has 21 heavy (non-hydrogen) atoms. The van der Waals surface area contributed by atoms with Gasteiger partial charge in [-0.25, -0.2) is 4.79 Å². The summed E-state index contributed by atoms with van der Waals surface area (Å²) in [5, 5.41) is 11.3. The topological polar surface area (TPSA) is 58.6 Å². The second-order valence-electron chi connectivity index (χ2n) is 5.31. The monoisotopic (exact) mass is 325 g/mol. The van der Waals surface area contributed by atoms with Gasteiger partial charge in [0.05, 0.1) is 10.7 Å². The highest BCUT2D eigenvalue weighted by molar-refractivity contribution is 6.33. The molecular formula is C13H15ClF3NO3. The van der Waals surface area contributed by atoms with Gasteiger partial charge in [-0.3, -0.25) is 5.32 Å². The smallest absolute Gasteiger partial charge is 0.418 e. The maximum absolute atomic E-state index is 12.4. The van der Waals surface area contributed by atoms with Gasteiger partial charge in [0.15, 0.2) is 6.10 Å². The zero-order chi connectivity index (χ0) is 16.4. The van der Waals surface area contributed by atoms with Gasteiger partial charge >= 0.3 is 12.3 Å². The molecule has 4 nitrogen and oxygen atoms in total. The molecule has 0 aliphatic rings. The molecule has 2 N–H and O–H groups in total. The quantitative estimate of drug-likeness (QED) is 0.853. The molecule has 0 aliphatic carbocycles. The van der Waals surface area contributed by atoms with Crippen LogP contribution in [0.1, 0.15) is 32.4 Å². The molecule has 0 saturated heterocycles. The standard InChI is InChI=1S/C13H15ClF3NO3/c1-12(2,3)21-11(20)18-9-5-4-7(6-8(9)14)10(19)13(15,16)17/h4-6,10,19H,1-3H3,(H,18,20)/t10-/m1/s1.